The van der Waals surface area contributed by atoms with Gasteiger partial charge in [0.25, 0.3) is 0 Å². The molecular formula is C24H20BrFN2O2. The molecule has 1 aliphatic rings. The number of rotatable bonds is 3. The lowest BCUT2D eigenvalue weighted by molar-refractivity contribution is -0.135. The van der Waals surface area contributed by atoms with E-state index in [0.717, 1.165) is 26.7 Å². The Bertz CT molecular complexity index is 1110. The molecule has 2 amide bonds. The first kappa shape index (κ1) is 20.3. The maximum absolute atomic E-state index is 13.6. The Morgan fingerprint density at radius 2 is 1.90 bits per heavy atom. The lowest BCUT2D eigenvalue weighted by Gasteiger charge is -2.31. The van der Waals surface area contributed by atoms with Crippen molar-refractivity contribution in [3.63, 3.8) is 0 Å². The summed E-state index contributed by atoms with van der Waals surface area (Å²) in [6.45, 7) is 1.89. The number of benzene rings is 3. The van der Waals surface area contributed by atoms with E-state index in [0.29, 0.717) is 5.69 Å². The highest BCUT2D eigenvalue weighted by Gasteiger charge is 2.33. The van der Waals surface area contributed by atoms with Crippen LogP contribution in [0.3, 0.4) is 0 Å². The van der Waals surface area contributed by atoms with Crippen LogP contribution in [0, 0.1) is 12.7 Å². The number of nitrogens with one attached hydrogen (secondary N) is 1. The van der Waals surface area contributed by atoms with E-state index in [2.05, 4.69) is 21.2 Å². The molecule has 0 saturated carbocycles. The van der Waals surface area contributed by atoms with Crippen LogP contribution in [0.5, 0.6) is 0 Å². The first-order chi connectivity index (χ1) is 14.4. The third kappa shape index (κ3) is 4.28. The molecule has 3 aromatic carbocycles. The molecule has 30 heavy (non-hydrogen) atoms. The molecule has 1 aliphatic heterocycles. The molecule has 1 heterocycles. The van der Waals surface area contributed by atoms with Gasteiger partial charge in [0, 0.05) is 15.7 Å². The van der Waals surface area contributed by atoms with Crippen LogP contribution in [-0.4, -0.2) is 23.3 Å². The molecule has 0 bridgehead atoms. The highest BCUT2D eigenvalue weighted by atomic mass is 79.9. The fourth-order valence-corrected chi connectivity index (χ4v) is 4.19. The van der Waals surface area contributed by atoms with Gasteiger partial charge in [-0.25, -0.2) is 4.39 Å². The Morgan fingerprint density at radius 1 is 1.13 bits per heavy atom. The third-order valence-corrected chi connectivity index (χ3v) is 5.65. The molecule has 6 heteroatoms. The summed E-state index contributed by atoms with van der Waals surface area (Å²) in [5.41, 5.74) is 4.11. The molecule has 0 spiro atoms. The van der Waals surface area contributed by atoms with E-state index < -0.39 is 6.04 Å². The smallest absolute Gasteiger partial charge is 0.244 e. The van der Waals surface area contributed by atoms with E-state index in [4.69, 9.17) is 0 Å². The average Bonchev–Trinajstić information content (AvgIpc) is 2.84. The van der Waals surface area contributed by atoms with Crippen molar-refractivity contribution in [2.75, 3.05) is 11.9 Å². The minimum Gasteiger partial charge on any atom is -0.324 e. The van der Waals surface area contributed by atoms with E-state index in [1.807, 2.05) is 49.4 Å². The van der Waals surface area contributed by atoms with Gasteiger partial charge < -0.3 is 10.2 Å². The van der Waals surface area contributed by atoms with Crippen molar-refractivity contribution < 1.29 is 14.0 Å². The Labute approximate surface area is 182 Å². The van der Waals surface area contributed by atoms with Crippen molar-refractivity contribution in [2.24, 2.45) is 0 Å². The van der Waals surface area contributed by atoms with E-state index in [1.54, 1.807) is 17.0 Å². The molecule has 0 unspecified atom stereocenters. The Morgan fingerprint density at radius 3 is 2.63 bits per heavy atom. The van der Waals surface area contributed by atoms with Gasteiger partial charge in [-0.1, -0.05) is 57.9 Å². The maximum Gasteiger partial charge on any atom is 0.244 e. The summed E-state index contributed by atoms with van der Waals surface area (Å²) >= 11 is 3.49. The van der Waals surface area contributed by atoms with Crippen molar-refractivity contribution in [2.45, 2.75) is 19.4 Å². The standard InChI is InChI=1S/C24H20BrFN2O2/c1-15-3-2-4-16(11-15)12-23(30)28-14-22(29)27-21-10-7-18(25)13-20(21)24(28)17-5-8-19(26)9-6-17/h2-11,13,24H,12,14H2,1H3,(H,27,29)/t24-/m0/s1. The minimum absolute atomic E-state index is 0.0843. The summed E-state index contributed by atoms with van der Waals surface area (Å²) in [5, 5.41) is 2.89. The number of aryl methyl sites for hydroxylation is 1. The van der Waals surface area contributed by atoms with Crippen LogP contribution >= 0.6 is 15.9 Å². The van der Waals surface area contributed by atoms with Gasteiger partial charge in [0.2, 0.25) is 11.8 Å². The molecule has 1 atom stereocenters. The van der Waals surface area contributed by atoms with Crippen molar-refractivity contribution in [1.82, 2.24) is 4.90 Å². The zero-order chi connectivity index (χ0) is 21.3. The second kappa shape index (κ2) is 8.40. The van der Waals surface area contributed by atoms with Crippen molar-refractivity contribution in [3.8, 4) is 0 Å². The van der Waals surface area contributed by atoms with Gasteiger partial charge in [-0.3, -0.25) is 9.59 Å². The van der Waals surface area contributed by atoms with E-state index >= 15 is 0 Å². The predicted octanol–water partition coefficient (Wildman–Crippen LogP) is 5.01. The van der Waals surface area contributed by atoms with Gasteiger partial charge in [-0.15, -0.1) is 0 Å². The highest BCUT2D eigenvalue weighted by Crippen LogP contribution is 2.37. The normalized spacial score (nSPS) is 15.9. The van der Waals surface area contributed by atoms with Gasteiger partial charge >= 0.3 is 0 Å². The maximum atomic E-state index is 13.6. The van der Waals surface area contributed by atoms with Crippen molar-refractivity contribution >= 4 is 33.4 Å². The van der Waals surface area contributed by atoms with Gasteiger partial charge in [0.15, 0.2) is 0 Å². The summed E-state index contributed by atoms with van der Waals surface area (Å²) in [6.07, 6.45) is 0.177. The number of nitrogens with zero attached hydrogens (tertiary/aromatic N) is 1. The molecular weight excluding hydrogens is 447 g/mol. The van der Waals surface area contributed by atoms with E-state index in [-0.39, 0.29) is 30.6 Å². The van der Waals surface area contributed by atoms with Crippen LogP contribution in [0.4, 0.5) is 10.1 Å². The first-order valence-electron chi connectivity index (χ1n) is 9.60. The monoisotopic (exact) mass is 466 g/mol. The van der Waals surface area contributed by atoms with Gasteiger partial charge in [0.1, 0.15) is 12.4 Å². The molecule has 4 rings (SSSR count). The molecule has 1 N–H and O–H groups in total. The molecule has 0 fully saturated rings. The summed E-state index contributed by atoms with van der Waals surface area (Å²) in [4.78, 5) is 27.6. The van der Waals surface area contributed by atoms with Crippen LogP contribution in [-0.2, 0) is 16.0 Å². The average molecular weight is 467 g/mol. The van der Waals surface area contributed by atoms with Crippen molar-refractivity contribution in [1.29, 1.82) is 0 Å². The zero-order valence-corrected chi connectivity index (χ0v) is 17.9. The number of hydrogen-bond acceptors (Lipinski definition) is 2. The second-order valence-corrected chi connectivity index (χ2v) is 8.34. The zero-order valence-electron chi connectivity index (χ0n) is 16.4. The quantitative estimate of drug-likeness (QED) is 0.589. The Hall–Kier alpha value is -2.99. The lowest BCUT2D eigenvalue weighted by Crippen LogP contribution is -2.39. The van der Waals surface area contributed by atoms with Crippen LogP contribution < -0.4 is 5.32 Å². The first-order valence-corrected chi connectivity index (χ1v) is 10.4. The SMILES string of the molecule is Cc1cccc(CC(=O)N2CC(=O)Nc3ccc(Br)cc3[C@@H]2c2ccc(F)cc2)c1. The third-order valence-electron chi connectivity index (χ3n) is 5.15. The molecule has 3 aromatic rings. The summed E-state index contributed by atoms with van der Waals surface area (Å²) in [7, 11) is 0. The largest absolute Gasteiger partial charge is 0.324 e. The minimum atomic E-state index is -0.519. The summed E-state index contributed by atoms with van der Waals surface area (Å²) in [5.74, 6) is -0.785. The number of amides is 2. The van der Waals surface area contributed by atoms with Gasteiger partial charge in [-0.2, -0.15) is 0 Å². The highest BCUT2D eigenvalue weighted by molar-refractivity contribution is 9.10. The number of carbonyl (C=O) groups is 2. The number of carbonyl (C=O) groups excluding carboxylic acids is 2. The number of anilines is 1. The van der Waals surface area contributed by atoms with Crippen LogP contribution in [0.15, 0.2) is 71.2 Å². The van der Waals surface area contributed by atoms with Crippen LogP contribution in [0.2, 0.25) is 0 Å². The van der Waals surface area contributed by atoms with Crippen molar-refractivity contribution in [3.05, 3.63) is 99.3 Å². The topological polar surface area (TPSA) is 49.4 Å². The molecule has 0 radical (unpaired) electrons. The lowest BCUT2D eigenvalue weighted by atomic mass is 9.95. The summed E-state index contributed by atoms with van der Waals surface area (Å²) < 4.78 is 14.4. The molecule has 4 nitrogen and oxygen atoms in total. The fraction of sp³-hybridized carbons (Fsp3) is 0.167. The fourth-order valence-electron chi connectivity index (χ4n) is 3.81. The Kier molecular flexibility index (Phi) is 5.68. The van der Waals surface area contributed by atoms with E-state index in [9.17, 15) is 14.0 Å². The van der Waals surface area contributed by atoms with E-state index in [1.165, 1.54) is 12.1 Å². The molecule has 152 valence electrons. The molecule has 0 aromatic heterocycles. The van der Waals surface area contributed by atoms with Gasteiger partial charge in [-0.05, 0) is 48.4 Å². The van der Waals surface area contributed by atoms with Crippen LogP contribution in [0.25, 0.3) is 0 Å². The number of hydrogen-bond donors (Lipinski definition) is 1. The predicted molar refractivity (Wildman–Crippen MR) is 118 cm³/mol. The number of fused-ring (bicyclic) bond motifs is 1. The Balaban J connectivity index is 1.80. The van der Waals surface area contributed by atoms with Gasteiger partial charge in [0.05, 0.1) is 12.5 Å². The van der Waals surface area contributed by atoms with Crippen LogP contribution in [0.1, 0.15) is 28.3 Å². The molecule has 0 saturated heterocycles. The molecule has 0 aliphatic carbocycles. The summed E-state index contributed by atoms with van der Waals surface area (Å²) in [6, 6.07) is 18.8. The second-order valence-electron chi connectivity index (χ2n) is 7.42. The number of halogens is 2.